The van der Waals surface area contributed by atoms with Crippen molar-refractivity contribution in [3.63, 3.8) is 0 Å². The van der Waals surface area contributed by atoms with Crippen molar-refractivity contribution in [1.82, 2.24) is 19.3 Å². The second-order valence-corrected chi connectivity index (χ2v) is 5.84. The van der Waals surface area contributed by atoms with Crippen LogP contribution >= 0.6 is 0 Å². The van der Waals surface area contributed by atoms with Crippen LogP contribution in [0.4, 0.5) is 4.39 Å². The normalized spacial score (nSPS) is 13.7. The Hall–Kier alpha value is -3.29. The van der Waals surface area contributed by atoms with Gasteiger partial charge in [-0.15, -0.1) is 0 Å². The fraction of sp³-hybridized carbons (Fsp3) is 0.176. The molecule has 0 fully saturated rings. The third-order valence-corrected chi connectivity index (χ3v) is 4.25. The predicted octanol–water partition coefficient (Wildman–Crippen LogP) is 0.720. The molecule has 0 bridgehead atoms. The number of aromatic nitrogens is 3. The van der Waals surface area contributed by atoms with E-state index in [4.69, 9.17) is 0 Å². The lowest BCUT2D eigenvalue weighted by Crippen LogP contribution is -2.40. The summed E-state index contributed by atoms with van der Waals surface area (Å²) in [5, 5.41) is 0. The van der Waals surface area contributed by atoms with Crippen molar-refractivity contribution in [2.75, 3.05) is 6.54 Å². The van der Waals surface area contributed by atoms with E-state index >= 15 is 0 Å². The van der Waals surface area contributed by atoms with Gasteiger partial charge in [0.2, 0.25) is 5.56 Å². The van der Waals surface area contributed by atoms with Crippen LogP contribution in [0, 0.1) is 5.82 Å². The van der Waals surface area contributed by atoms with E-state index < -0.39 is 5.82 Å². The van der Waals surface area contributed by atoms with E-state index in [0.29, 0.717) is 35.4 Å². The molecule has 126 valence electrons. The molecule has 0 unspecified atom stereocenters. The second-order valence-electron chi connectivity index (χ2n) is 5.84. The fourth-order valence-electron chi connectivity index (χ4n) is 2.97. The van der Waals surface area contributed by atoms with Gasteiger partial charge in [0, 0.05) is 31.4 Å². The van der Waals surface area contributed by atoms with E-state index in [2.05, 4.69) is 9.97 Å². The van der Waals surface area contributed by atoms with E-state index in [9.17, 15) is 18.8 Å². The minimum Gasteiger partial charge on any atom is -0.334 e. The van der Waals surface area contributed by atoms with Gasteiger partial charge in [-0.05, 0) is 18.2 Å². The molecule has 4 heterocycles. The molecule has 8 heteroatoms. The first-order chi connectivity index (χ1) is 12.0. The van der Waals surface area contributed by atoms with Crippen LogP contribution in [0.15, 0.2) is 46.2 Å². The molecule has 3 aromatic rings. The van der Waals surface area contributed by atoms with Gasteiger partial charge in [0.25, 0.3) is 11.5 Å². The third kappa shape index (κ3) is 2.61. The van der Waals surface area contributed by atoms with Crippen molar-refractivity contribution in [2.24, 2.45) is 0 Å². The van der Waals surface area contributed by atoms with Crippen molar-refractivity contribution >= 4 is 11.6 Å². The number of amides is 1. The highest BCUT2D eigenvalue weighted by Gasteiger charge is 2.25. The minimum atomic E-state index is -0.534. The predicted molar refractivity (Wildman–Crippen MR) is 86.9 cm³/mol. The third-order valence-electron chi connectivity index (χ3n) is 4.25. The quantitative estimate of drug-likeness (QED) is 0.707. The number of hydrogen-bond acceptors (Lipinski definition) is 4. The maximum Gasteiger partial charge on any atom is 0.263 e. The van der Waals surface area contributed by atoms with Crippen LogP contribution < -0.4 is 11.1 Å². The van der Waals surface area contributed by atoms with Gasteiger partial charge >= 0.3 is 0 Å². The molecule has 7 nitrogen and oxygen atoms in total. The highest BCUT2D eigenvalue weighted by Crippen LogP contribution is 2.17. The van der Waals surface area contributed by atoms with Crippen molar-refractivity contribution in [2.45, 2.75) is 13.0 Å². The monoisotopic (exact) mass is 340 g/mol. The first-order valence-electron chi connectivity index (χ1n) is 7.70. The number of carbonyl (C=O) groups is 1. The zero-order chi connectivity index (χ0) is 17.6. The van der Waals surface area contributed by atoms with Crippen molar-refractivity contribution in [3.8, 4) is 0 Å². The van der Waals surface area contributed by atoms with Crippen molar-refractivity contribution in [3.05, 3.63) is 80.0 Å². The summed E-state index contributed by atoms with van der Waals surface area (Å²) < 4.78 is 14.6. The molecule has 0 aromatic carbocycles. The summed E-state index contributed by atoms with van der Waals surface area (Å²) in [4.78, 5) is 44.7. The van der Waals surface area contributed by atoms with E-state index in [1.807, 2.05) is 0 Å². The minimum absolute atomic E-state index is 0.0958. The second kappa shape index (κ2) is 5.66. The number of rotatable bonds is 1. The Morgan fingerprint density at radius 1 is 1.20 bits per heavy atom. The number of carbonyl (C=O) groups excluding carboxylic acids is 1. The topological polar surface area (TPSA) is 87.5 Å². The van der Waals surface area contributed by atoms with E-state index in [0.717, 1.165) is 10.6 Å². The number of hydrogen-bond donors (Lipinski definition) is 1. The van der Waals surface area contributed by atoms with Crippen LogP contribution in [0.25, 0.3) is 5.65 Å². The average Bonchev–Trinajstić information content (AvgIpc) is 2.62. The molecular weight excluding hydrogens is 327 g/mol. The highest BCUT2D eigenvalue weighted by molar-refractivity contribution is 5.94. The van der Waals surface area contributed by atoms with Crippen LogP contribution in [0.1, 0.15) is 21.6 Å². The summed E-state index contributed by atoms with van der Waals surface area (Å²) in [6.07, 6.45) is 2.88. The molecule has 0 spiro atoms. The molecule has 25 heavy (non-hydrogen) atoms. The standard InChI is InChI=1S/C17H13FN4O3/c18-11-2-3-14-20-13-5-6-21(9-12(13)17(25)22(14)8-11)16(24)10-1-4-15(23)19-7-10/h1-4,7-8H,5-6,9H2,(H,19,23). The molecule has 0 saturated carbocycles. The maximum atomic E-state index is 13.4. The molecule has 0 atom stereocenters. The summed E-state index contributed by atoms with van der Waals surface area (Å²) in [6, 6.07) is 5.42. The van der Waals surface area contributed by atoms with Gasteiger partial charge in [0.1, 0.15) is 11.5 Å². The molecule has 1 amide bonds. The summed E-state index contributed by atoms with van der Waals surface area (Å²) >= 11 is 0. The number of nitrogens with zero attached hydrogens (tertiary/aromatic N) is 3. The fourth-order valence-corrected chi connectivity index (χ4v) is 2.97. The Morgan fingerprint density at radius 2 is 2.04 bits per heavy atom. The Balaban J connectivity index is 1.73. The maximum absolute atomic E-state index is 13.4. The molecule has 4 rings (SSSR count). The van der Waals surface area contributed by atoms with Crippen LogP contribution in [-0.2, 0) is 13.0 Å². The van der Waals surface area contributed by atoms with Crippen molar-refractivity contribution in [1.29, 1.82) is 0 Å². The molecular formula is C17H13FN4O3. The SMILES string of the molecule is O=C(c1ccc(=O)[nH]c1)N1CCc2nc3ccc(F)cn3c(=O)c2C1. The number of fused-ring (bicyclic) bond motifs is 2. The van der Waals surface area contributed by atoms with Gasteiger partial charge < -0.3 is 9.88 Å². The lowest BCUT2D eigenvalue weighted by atomic mass is 10.1. The van der Waals surface area contributed by atoms with E-state index in [1.165, 1.54) is 35.4 Å². The van der Waals surface area contributed by atoms with Gasteiger partial charge in [-0.25, -0.2) is 9.37 Å². The summed E-state index contributed by atoms with van der Waals surface area (Å²) in [7, 11) is 0. The van der Waals surface area contributed by atoms with Gasteiger partial charge in [-0.1, -0.05) is 0 Å². The number of halogens is 1. The first-order valence-corrected chi connectivity index (χ1v) is 7.70. The average molecular weight is 340 g/mol. The Labute approximate surface area is 140 Å². The number of pyridine rings is 2. The molecule has 0 saturated heterocycles. The zero-order valence-corrected chi connectivity index (χ0v) is 13.0. The Morgan fingerprint density at radius 3 is 2.80 bits per heavy atom. The van der Waals surface area contributed by atoms with E-state index in [-0.39, 0.29) is 23.6 Å². The van der Waals surface area contributed by atoms with Crippen LogP contribution in [0.5, 0.6) is 0 Å². The largest absolute Gasteiger partial charge is 0.334 e. The Bertz CT molecular complexity index is 1100. The lowest BCUT2D eigenvalue weighted by Gasteiger charge is -2.28. The summed E-state index contributed by atoms with van der Waals surface area (Å²) in [6.45, 7) is 0.507. The molecule has 0 aliphatic carbocycles. The number of nitrogens with one attached hydrogen (secondary N) is 1. The van der Waals surface area contributed by atoms with Crippen molar-refractivity contribution < 1.29 is 9.18 Å². The van der Waals surface area contributed by atoms with Crippen LogP contribution in [0.3, 0.4) is 0 Å². The van der Waals surface area contributed by atoms with Gasteiger partial charge in [0.05, 0.1) is 23.4 Å². The Kier molecular flexibility index (Phi) is 3.45. The molecule has 1 N–H and O–H groups in total. The zero-order valence-electron chi connectivity index (χ0n) is 13.0. The smallest absolute Gasteiger partial charge is 0.263 e. The first kappa shape index (κ1) is 15.3. The molecule has 1 aliphatic rings. The molecule has 0 radical (unpaired) electrons. The molecule has 1 aliphatic heterocycles. The van der Waals surface area contributed by atoms with Gasteiger partial charge in [-0.2, -0.15) is 0 Å². The highest BCUT2D eigenvalue weighted by atomic mass is 19.1. The number of aromatic amines is 1. The summed E-state index contributed by atoms with van der Waals surface area (Å²) in [5.74, 6) is -0.820. The van der Waals surface area contributed by atoms with E-state index in [1.54, 1.807) is 0 Å². The lowest BCUT2D eigenvalue weighted by molar-refractivity contribution is 0.0732. The van der Waals surface area contributed by atoms with Gasteiger partial charge in [0.15, 0.2) is 0 Å². The molecule has 3 aromatic heterocycles. The van der Waals surface area contributed by atoms with Crippen LogP contribution in [0.2, 0.25) is 0 Å². The number of H-pyrrole nitrogens is 1. The van der Waals surface area contributed by atoms with Crippen LogP contribution in [-0.4, -0.2) is 31.7 Å². The van der Waals surface area contributed by atoms with Gasteiger partial charge in [-0.3, -0.25) is 18.8 Å². The summed E-state index contributed by atoms with van der Waals surface area (Å²) in [5.41, 5.74) is 1.05.